The molecular formula is C28H36N4O3S. The maximum absolute atomic E-state index is 12.0. The van der Waals surface area contributed by atoms with Crippen molar-refractivity contribution in [3.05, 3.63) is 41.6 Å². The Balaban J connectivity index is 1.23. The number of H-pyrrole nitrogens is 1. The summed E-state index contributed by atoms with van der Waals surface area (Å²) < 4.78 is 29.4. The zero-order valence-corrected chi connectivity index (χ0v) is 22.1. The number of rotatable bonds is 5. The Kier molecular flexibility index (Phi) is 6.07. The van der Waals surface area contributed by atoms with Crippen LogP contribution in [0.1, 0.15) is 55.6 Å². The van der Waals surface area contributed by atoms with Gasteiger partial charge < -0.3 is 10.1 Å². The molecule has 2 aromatic heterocycles. The van der Waals surface area contributed by atoms with Crippen molar-refractivity contribution in [1.29, 1.82) is 0 Å². The number of pyridine rings is 1. The number of methoxy groups -OCH3 is 1. The van der Waals surface area contributed by atoms with Crippen LogP contribution in [-0.2, 0) is 9.84 Å². The van der Waals surface area contributed by atoms with Crippen LogP contribution < -0.4 is 10.1 Å². The molecule has 0 unspecified atom stereocenters. The van der Waals surface area contributed by atoms with E-state index in [0.717, 1.165) is 54.4 Å². The fourth-order valence-electron chi connectivity index (χ4n) is 7.43. The van der Waals surface area contributed by atoms with E-state index in [4.69, 9.17) is 4.74 Å². The molecule has 192 valence electrons. The Morgan fingerprint density at radius 3 is 2.61 bits per heavy atom. The topological polar surface area (TPSA) is 97.0 Å². The summed E-state index contributed by atoms with van der Waals surface area (Å²) in [4.78, 5) is 4.24. The van der Waals surface area contributed by atoms with Gasteiger partial charge in [0.1, 0.15) is 15.5 Å². The largest absolute Gasteiger partial charge is 0.481 e. The lowest BCUT2D eigenvalue weighted by molar-refractivity contribution is 0.238. The molecule has 2 aliphatic carbocycles. The van der Waals surface area contributed by atoms with Gasteiger partial charge in [-0.25, -0.2) is 13.4 Å². The number of sulfone groups is 1. The standard InChI is InChI=1S/C28H36N4O3S/c1-16-10-25-24(28(32-31-25)18-8-9-29-26(13-18)35-2)14-22(16)19-11-20-15-30-27(23(20)12-19)17-4-6-21(7-5-17)36(3,33)34/h8-10,13-14,17,19-21,23,27,30H,4-7,11-12,15H2,1-3H3,(H,31,32)/t17?,19-,20+,21?,23-,27-/m0/s1. The summed E-state index contributed by atoms with van der Waals surface area (Å²) in [7, 11) is -1.29. The molecule has 8 heteroatoms. The van der Waals surface area contributed by atoms with E-state index < -0.39 is 9.84 Å². The highest BCUT2D eigenvalue weighted by molar-refractivity contribution is 7.91. The fourth-order valence-corrected chi connectivity index (χ4v) is 8.56. The predicted octanol–water partition coefficient (Wildman–Crippen LogP) is 4.63. The molecule has 3 aliphatic rings. The molecule has 2 N–H and O–H groups in total. The maximum Gasteiger partial charge on any atom is 0.213 e. The van der Waals surface area contributed by atoms with Gasteiger partial charge in [0.15, 0.2) is 0 Å². The van der Waals surface area contributed by atoms with Gasteiger partial charge in [-0.1, -0.05) is 0 Å². The van der Waals surface area contributed by atoms with E-state index in [2.05, 4.69) is 39.6 Å². The molecule has 3 heterocycles. The molecule has 36 heavy (non-hydrogen) atoms. The molecule has 0 bridgehead atoms. The predicted molar refractivity (Wildman–Crippen MR) is 142 cm³/mol. The molecule has 0 radical (unpaired) electrons. The first-order valence-corrected chi connectivity index (χ1v) is 15.2. The molecule has 4 atom stereocenters. The molecular weight excluding hydrogens is 472 g/mol. The monoisotopic (exact) mass is 508 g/mol. The van der Waals surface area contributed by atoms with E-state index in [0.29, 0.717) is 35.6 Å². The Bertz CT molecular complexity index is 1380. The van der Waals surface area contributed by atoms with Gasteiger partial charge in [0.05, 0.1) is 17.9 Å². The highest BCUT2D eigenvalue weighted by Crippen LogP contribution is 2.50. The Labute approximate surface area is 213 Å². The van der Waals surface area contributed by atoms with Crippen LogP contribution >= 0.6 is 0 Å². The number of aryl methyl sites for hydroxylation is 1. The first kappa shape index (κ1) is 23.9. The Morgan fingerprint density at radius 1 is 1.06 bits per heavy atom. The third-order valence-electron chi connectivity index (χ3n) is 9.27. The molecule has 7 nitrogen and oxygen atoms in total. The van der Waals surface area contributed by atoms with Crippen molar-refractivity contribution >= 4 is 20.7 Å². The Morgan fingerprint density at radius 2 is 1.86 bits per heavy atom. The van der Waals surface area contributed by atoms with Gasteiger partial charge in [0.25, 0.3) is 0 Å². The minimum Gasteiger partial charge on any atom is -0.481 e. The van der Waals surface area contributed by atoms with E-state index >= 15 is 0 Å². The molecule has 6 rings (SSSR count). The third-order valence-corrected chi connectivity index (χ3v) is 10.9. The van der Waals surface area contributed by atoms with Crippen LogP contribution in [0.25, 0.3) is 22.2 Å². The van der Waals surface area contributed by atoms with E-state index in [1.807, 2.05) is 12.1 Å². The number of ether oxygens (including phenoxy) is 1. The molecule has 3 aromatic rings. The number of benzene rings is 1. The van der Waals surface area contributed by atoms with Gasteiger partial charge in [-0.2, -0.15) is 5.10 Å². The van der Waals surface area contributed by atoms with E-state index in [1.165, 1.54) is 30.2 Å². The van der Waals surface area contributed by atoms with Gasteiger partial charge in [-0.05, 0) is 105 Å². The fraction of sp³-hybridized carbons (Fsp3) is 0.571. The van der Waals surface area contributed by atoms with Gasteiger partial charge in [0.2, 0.25) is 5.88 Å². The SMILES string of the molecule is COc1cc(-c2n[nH]c3cc(C)c([C@H]4C[C@@H]5CN[C@@H](C6CCC(S(C)(=O)=O)CC6)[C@H]5C4)cc23)ccn1. The summed E-state index contributed by atoms with van der Waals surface area (Å²) in [6, 6.07) is 9.05. The van der Waals surface area contributed by atoms with Gasteiger partial charge in [-0.15, -0.1) is 0 Å². The highest BCUT2D eigenvalue weighted by Gasteiger charge is 2.47. The zero-order chi connectivity index (χ0) is 25.0. The molecule has 2 saturated carbocycles. The van der Waals surface area contributed by atoms with Gasteiger partial charge in [0, 0.05) is 35.5 Å². The van der Waals surface area contributed by atoms with Crippen molar-refractivity contribution in [2.24, 2.45) is 17.8 Å². The van der Waals surface area contributed by atoms with Crippen LogP contribution in [0, 0.1) is 24.7 Å². The van der Waals surface area contributed by atoms with Crippen molar-refractivity contribution in [2.45, 2.75) is 62.7 Å². The van der Waals surface area contributed by atoms with Gasteiger partial charge in [-0.3, -0.25) is 5.10 Å². The third kappa shape index (κ3) is 4.22. The number of aromatic nitrogens is 3. The molecule has 3 fully saturated rings. The van der Waals surface area contributed by atoms with Crippen molar-refractivity contribution in [3.63, 3.8) is 0 Å². The summed E-state index contributed by atoms with van der Waals surface area (Å²) in [6.45, 7) is 3.31. The van der Waals surface area contributed by atoms with E-state index in [9.17, 15) is 8.42 Å². The smallest absolute Gasteiger partial charge is 0.213 e. The second-order valence-electron chi connectivity index (χ2n) is 11.3. The number of hydrogen-bond donors (Lipinski definition) is 2. The second kappa shape index (κ2) is 9.14. The lowest BCUT2D eigenvalue weighted by Gasteiger charge is -2.34. The van der Waals surface area contributed by atoms with Crippen molar-refractivity contribution < 1.29 is 13.2 Å². The summed E-state index contributed by atoms with van der Waals surface area (Å²) in [5.41, 5.74) is 5.77. The minimum absolute atomic E-state index is 0.138. The minimum atomic E-state index is -2.92. The number of nitrogens with one attached hydrogen (secondary N) is 2. The summed E-state index contributed by atoms with van der Waals surface area (Å²) in [6.07, 6.45) is 9.29. The van der Waals surface area contributed by atoms with E-state index in [-0.39, 0.29) is 5.25 Å². The molecule has 1 saturated heterocycles. The van der Waals surface area contributed by atoms with Crippen molar-refractivity contribution in [3.8, 4) is 17.1 Å². The number of fused-ring (bicyclic) bond motifs is 2. The quantitative estimate of drug-likeness (QED) is 0.522. The number of hydrogen-bond acceptors (Lipinski definition) is 6. The average molecular weight is 509 g/mol. The first-order valence-electron chi connectivity index (χ1n) is 13.2. The van der Waals surface area contributed by atoms with Crippen molar-refractivity contribution in [1.82, 2.24) is 20.5 Å². The van der Waals surface area contributed by atoms with Crippen LogP contribution in [-0.4, -0.2) is 54.8 Å². The van der Waals surface area contributed by atoms with Crippen LogP contribution in [0.15, 0.2) is 30.5 Å². The Hall–Kier alpha value is -2.45. The molecule has 1 aromatic carbocycles. The maximum atomic E-state index is 12.0. The van der Waals surface area contributed by atoms with Crippen LogP contribution in [0.4, 0.5) is 0 Å². The molecule has 1 aliphatic heterocycles. The van der Waals surface area contributed by atoms with Crippen molar-refractivity contribution in [2.75, 3.05) is 19.9 Å². The van der Waals surface area contributed by atoms with Crippen LogP contribution in [0.3, 0.4) is 0 Å². The lowest BCUT2D eigenvalue weighted by atomic mass is 9.77. The molecule has 0 spiro atoms. The summed E-state index contributed by atoms with van der Waals surface area (Å²) >= 11 is 0. The first-order chi connectivity index (χ1) is 17.3. The zero-order valence-electron chi connectivity index (χ0n) is 21.3. The lowest BCUT2D eigenvalue weighted by Crippen LogP contribution is -2.39. The summed E-state index contributed by atoms with van der Waals surface area (Å²) in [5, 5.41) is 12.7. The molecule has 0 amide bonds. The number of nitrogens with zero attached hydrogens (tertiary/aromatic N) is 2. The van der Waals surface area contributed by atoms with Crippen LogP contribution in [0.2, 0.25) is 0 Å². The highest BCUT2D eigenvalue weighted by atomic mass is 32.2. The van der Waals surface area contributed by atoms with E-state index in [1.54, 1.807) is 13.3 Å². The average Bonchev–Trinajstić information content (AvgIpc) is 3.57. The van der Waals surface area contributed by atoms with Gasteiger partial charge >= 0.3 is 0 Å². The normalized spacial score (nSPS) is 30.5. The number of aromatic amines is 1. The summed E-state index contributed by atoms with van der Waals surface area (Å²) in [5.74, 6) is 3.12. The second-order valence-corrected chi connectivity index (χ2v) is 13.6. The van der Waals surface area contributed by atoms with Crippen LogP contribution in [0.5, 0.6) is 5.88 Å².